The Morgan fingerprint density at radius 2 is 1.91 bits per heavy atom. The van der Waals surface area contributed by atoms with Gasteiger partial charge >= 0.3 is 0 Å². The average molecular weight is 515 g/mol. The van der Waals surface area contributed by atoms with E-state index in [1.807, 2.05) is 48.3 Å². The van der Waals surface area contributed by atoms with Crippen LogP contribution < -0.4 is 15.4 Å². The van der Waals surface area contributed by atoms with E-state index in [9.17, 15) is 0 Å². The lowest BCUT2D eigenvalue weighted by Crippen LogP contribution is -2.25. The molecule has 0 aliphatic heterocycles. The Morgan fingerprint density at radius 1 is 1.11 bits per heavy atom. The standard InChI is InChI=1S/C25H28Cl2N6O2/c1-32(19-8-4-3-5-9-19)25-30-16-29-24-17(14-31-33(24)25)13-20-22(11-10-21(26)23(20)27)35-12-6-7-18(28)15-34-2/h3-5,8-11,14,16,18H,6-7,12-13,15,28H2,1-2H3/t18-/m1/s1. The molecule has 1 atom stereocenters. The van der Waals surface area contributed by atoms with Gasteiger partial charge in [-0.1, -0.05) is 41.4 Å². The van der Waals surface area contributed by atoms with Crippen LogP contribution in [0, 0.1) is 0 Å². The van der Waals surface area contributed by atoms with Crippen molar-refractivity contribution in [2.45, 2.75) is 25.3 Å². The molecule has 0 radical (unpaired) electrons. The molecule has 8 nitrogen and oxygen atoms in total. The van der Waals surface area contributed by atoms with Crippen LogP contribution in [-0.2, 0) is 11.2 Å². The van der Waals surface area contributed by atoms with Gasteiger partial charge in [-0.3, -0.25) is 0 Å². The molecule has 0 saturated heterocycles. The van der Waals surface area contributed by atoms with Crippen molar-refractivity contribution in [3.63, 3.8) is 0 Å². The molecule has 10 heteroatoms. The van der Waals surface area contributed by atoms with E-state index in [1.54, 1.807) is 23.9 Å². The zero-order chi connectivity index (χ0) is 24.8. The largest absolute Gasteiger partial charge is 0.493 e. The van der Waals surface area contributed by atoms with E-state index in [2.05, 4.69) is 15.1 Å². The number of halogens is 2. The second-order valence-electron chi connectivity index (χ2n) is 8.19. The molecule has 0 aliphatic rings. The van der Waals surface area contributed by atoms with Crippen LogP contribution in [0.15, 0.2) is 55.0 Å². The molecule has 4 rings (SSSR count). The summed E-state index contributed by atoms with van der Waals surface area (Å²) in [5.74, 6) is 1.32. The van der Waals surface area contributed by atoms with Gasteiger partial charge in [0, 0.05) is 43.4 Å². The van der Waals surface area contributed by atoms with E-state index in [4.69, 9.17) is 38.4 Å². The maximum atomic E-state index is 6.62. The van der Waals surface area contributed by atoms with E-state index in [1.165, 1.54) is 6.33 Å². The minimum absolute atomic E-state index is 0.0152. The second kappa shape index (κ2) is 11.7. The molecule has 184 valence electrons. The summed E-state index contributed by atoms with van der Waals surface area (Å²) in [6.45, 7) is 1.03. The molecule has 2 N–H and O–H groups in total. The predicted octanol–water partition coefficient (Wildman–Crippen LogP) is 4.92. The number of hydrogen-bond acceptors (Lipinski definition) is 7. The molecule has 0 spiro atoms. The van der Waals surface area contributed by atoms with Gasteiger partial charge in [0.1, 0.15) is 12.1 Å². The third kappa shape index (κ3) is 5.85. The quantitative estimate of drug-likeness (QED) is 0.284. The first-order chi connectivity index (χ1) is 17.0. The van der Waals surface area contributed by atoms with Gasteiger partial charge in [-0.15, -0.1) is 0 Å². The van der Waals surface area contributed by atoms with Gasteiger partial charge in [0.15, 0.2) is 5.65 Å². The predicted molar refractivity (Wildman–Crippen MR) is 139 cm³/mol. The minimum atomic E-state index is -0.0152. The highest BCUT2D eigenvalue weighted by molar-refractivity contribution is 6.42. The third-order valence-corrected chi connectivity index (χ3v) is 6.52. The molecule has 2 aromatic heterocycles. The van der Waals surface area contributed by atoms with Gasteiger partial charge in [-0.25, -0.2) is 9.97 Å². The van der Waals surface area contributed by atoms with Gasteiger partial charge in [0.25, 0.3) is 0 Å². The number of benzene rings is 2. The van der Waals surface area contributed by atoms with Crippen LogP contribution in [0.4, 0.5) is 11.6 Å². The van der Waals surface area contributed by atoms with E-state index >= 15 is 0 Å². The zero-order valence-corrected chi connectivity index (χ0v) is 21.2. The summed E-state index contributed by atoms with van der Waals surface area (Å²) in [5, 5.41) is 5.48. The number of aromatic nitrogens is 4. The summed E-state index contributed by atoms with van der Waals surface area (Å²) in [7, 11) is 3.59. The van der Waals surface area contributed by atoms with Crippen molar-refractivity contribution in [1.82, 2.24) is 19.6 Å². The normalized spacial score (nSPS) is 12.1. The summed E-state index contributed by atoms with van der Waals surface area (Å²) in [6.07, 6.45) is 5.36. The molecule has 35 heavy (non-hydrogen) atoms. The van der Waals surface area contributed by atoms with Gasteiger partial charge in [0.05, 0.1) is 29.5 Å². The molecule has 4 aromatic rings. The van der Waals surface area contributed by atoms with E-state index < -0.39 is 0 Å². The van der Waals surface area contributed by atoms with E-state index in [-0.39, 0.29) is 6.04 Å². The van der Waals surface area contributed by atoms with E-state index in [0.717, 1.165) is 29.7 Å². The lowest BCUT2D eigenvalue weighted by molar-refractivity contribution is 0.172. The first-order valence-electron chi connectivity index (χ1n) is 11.3. The Morgan fingerprint density at radius 3 is 2.69 bits per heavy atom. The molecule has 2 aromatic carbocycles. The number of fused-ring (bicyclic) bond motifs is 1. The van der Waals surface area contributed by atoms with Crippen molar-refractivity contribution in [2.75, 3.05) is 32.3 Å². The van der Waals surface area contributed by atoms with Gasteiger partial charge in [0.2, 0.25) is 5.95 Å². The fourth-order valence-corrected chi connectivity index (χ4v) is 4.26. The number of rotatable bonds is 11. The van der Waals surface area contributed by atoms with Crippen molar-refractivity contribution >= 4 is 40.5 Å². The molecule has 2 heterocycles. The zero-order valence-electron chi connectivity index (χ0n) is 19.7. The number of hydrogen-bond donors (Lipinski definition) is 1. The minimum Gasteiger partial charge on any atom is -0.493 e. The highest BCUT2D eigenvalue weighted by atomic mass is 35.5. The number of nitrogens with two attached hydrogens (primary N) is 1. The van der Waals surface area contributed by atoms with Crippen LogP contribution >= 0.6 is 23.2 Å². The fraction of sp³-hybridized carbons (Fsp3) is 0.320. The molecule has 0 aliphatic carbocycles. The molecule has 0 unspecified atom stereocenters. The monoisotopic (exact) mass is 514 g/mol. The number of nitrogens with zero attached hydrogens (tertiary/aromatic N) is 5. The topological polar surface area (TPSA) is 90.8 Å². The van der Waals surface area contributed by atoms with Crippen LogP contribution in [0.5, 0.6) is 5.75 Å². The Balaban J connectivity index is 1.58. The van der Waals surface area contributed by atoms with Gasteiger partial charge in [-0.05, 0) is 37.1 Å². The fourth-order valence-electron chi connectivity index (χ4n) is 3.86. The summed E-state index contributed by atoms with van der Waals surface area (Å²) in [6, 6.07) is 13.5. The van der Waals surface area contributed by atoms with Crippen LogP contribution in [0.3, 0.4) is 0 Å². The van der Waals surface area contributed by atoms with Crippen LogP contribution in [0.25, 0.3) is 5.65 Å². The highest BCUT2D eigenvalue weighted by Gasteiger charge is 2.18. The van der Waals surface area contributed by atoms with Gasteiger partial charge < -0.3 is 20.1 Å². The summed E-state index contributed by atoms with van der Waals surface area (Å²) in [4.78, 5) is 10.9. The second-order valence-corrected chi connectivity index (χ2v) is 8.98. The Hall–Kier alpha value is -2.91. The Labute approximate surface area is 214 Å². The molecule has 0 amide bonds. The Kier molecular flexibility index (Phi) is 8.41. The molecule has 0 fully saturated rings. The van der Waals surface area contributed by atoms with Crippen LogP contribution in [0.1, 0.15) is 24.0 Å². The smallest absolute Gasteiger partial charge is 0.234 e. The Bertz CT molecular complexity index is 1270. The van der Waals surface area contributed by atoms with Crippen molar-refractivity contribution < 1.29 is 9.47 Å². The van der Waals surface area contributed by atoms with Crippen molar-refractivity contribution in [3.05, 3.63) is 76.2 Å². The van der Waals surface area contributed by atoms with Crippen LogP contribution in [-0.4, -0.2) is 53.0 Å². The highest BCUT2D eigenvalue weighted by Crippen LogP contribution is 2.35. The first-order valence-corrected chi connectivity index (χ1v) is 12.1. The van der Waals surface area contributed by atoms with Gasteiger partial charge in [-0.2, -0.15) is 9.61 Å². The number of anilines is 2. The van der Waals surface area contributed by atoms with Crippen molar-refractivity contribution in [1.29, 1.82) is 0 Å². The summed E-state index contributed by atoms with van der Waals surface area (Å²) >= 11 is 13.0. The number of para-hydroxylation sites is 1. The maximum absolute atomic E-state index is 6.62. The molecule has 0 bridgehead atoms. The van der Waals surface area contributed by atoms with E-state index in [0.29, 0.717) is 47.0 Å². The number of methoxy groups -OCH3 is 1. The lowest BCUT2D eigenvalue weighted by atomic mass is 10.1. The van der Waals surface area contributed by atoms with Crippen molar-refractivity contribution in [2.24, 2.45) is 5.73 Å². The SMILES string of the molecule is COC[C@H](N)CCCOc1ccc(Cl)c(Cl)c1Cc1cnn2c(N(C)c3ccccc3)ncnc12. The van der Waals surface area contributed by atoms with Crippen molar-refractivity contribution in [3.8, 4) is 5.75 Å². The molecular weight excluding hydrogens is 487 g/mol. The summed E-state index contributed by atoms with van der Waals surface area (Å²) in [5.41, 5.74) is 9.35. The third-order valence-electron chi connectivity index (χ3n) is 5.68. The maximum Gasteiger partial charge on any atom is 0.234 e. The number of ether oxygens (including phenoxy) is 2. The first kappa shape index (κ1) is 25.2. The average Bonchev–Trinajstić information content (AvgIpc) is 3.29. The molecular formula is C25H28Cl2N6O2. The van der Waals surface area contributed by atoms with Crippen LogP contribution in [0.2, 0.25) is 10.0 Å². The molecule has 0 saturated carbocycles. The summed E-state index contributed by atoms with van der Waals surface area (Å²) < 4.78 is 12.9. The lowest BCUT2D eigenvalue weighted by Gasteiger charge is -2.18.